The van der Waals surface area contributed by atoms with E-state index in [1.54, 1.807) is 13.1 Å². The predicted molar refractivity (Wildman–Crippen MR) is 118 cm³/mol. The number of carbonyl (C=O) groups is 2. The van der Waals surface area contributed by atoms with Crippen LogP contribution in [0.1, 0.15) is 62.5 Å². The Hall–Kier alpha value is -2.83. The van der Waals surface area contributed by atoms with Crippen LogP contribution >= 0.6 is 0 Å². The summed E-state index contributed by atoms with van der Waals surface area (Å²) >= 11 is 0. The molecule has 0 aromatic heterocycles. The monoisotopic (exact) mass is 409 g/mol. The van der Waals surface area contributed by atoms with E-state index in [0.717, 1.165) is 36.6 Å². The molecule has 1 aromatic rings. The van der Waals surface area contributed by atoms with Gasteiger partial charge in [-0.2, -0.15) is 0 Å². The number of hydrogen-bond donors (Lipinski definition) is 3. The van der Waals surface area contributed by atoms with Crippen molar-refractivity contribution in [1.29, 1.82) is 0 Å². The Morgan fingerprint density at radius 2 is 2.03 bits per heavy atom. The SMILES string of the molecule is CC(=O)N1c2ccc(C(=O)NC(C)C)cc2[C@H](NC2=NC=CCN2)[C@@H](C)[C@@H]1C1CC1. The zero-order chi connectivity index (χ0) is 21.4. The minimum atomic E-state index is -0.103. The van der Waals surface area contributed by atoms with Crippen molar-refractivity contribution in [3.63, 3.8) is 0 Å². The highest BCUT2D eigenvalue weighted by atomic mass is 16.2. The van der Waals surface area contributed by atoms with Gasteiger partial charge in [0.2, 0.25) is 5.91 Å². The lowest BCUT2D eigenvalue weighted by molar-refractivity contribution is -0.117. The van der Waals surface area contributed by atoms with Crippen molar-refractivity contribution in [2.45, 2.75) is 58.7 Å². The molecule has 4 rings (SSSR count). The fourth-order valence-corrected chi connectivity index (χ4v) is 4.67. The van der Waals surface area contributed by atoms with Crippen LogP contribution in [0.3, 0.4) is 0 Å². The number of hydrogen-bond acceptors (Lipinski definition) is 5. The maximum atomic E-state index is 12.7. The third kappa shape index (κ3) is 3.93. The number of nitrogens with one attached hydrogen (secondary N) is 3. The minimum absolute atomic E-state index is 0.0499. The molecule has 0 bridgehead atoms. The highest BCUT2D eigenvalue weighted by Crippen LogP contribution is 2.49. The Labute approximate surface area is 178 Å². The molecule has 1 aromatic carbocycles. The van der Waals surface area contributed by atoms with Crippen LogP contribution in [0.2, 0.25) is 0 Å². The number of amides is 2. The molecule has 2 aliphatic heterocycles. The quantitative estimate of drug-likeness (QED) is 0.714. The van der Waals surface area contributed by atoms with Crippen molar-refractivity contribution < 1.29 is 9.59 Å². The number of fused-ring (bicyclic) bond motifs is 1. The van der Waals surface area contributed by atoms with Gasteiger partial charge in [0.25, 0.3) is 5.91 Å². The average Bonchev–Trinajstić information content (AvgIpc) is 3.54. The van der Waals surface area contributed by atoms with E-state index in [1.165, 1.54) is 0 Å². The van der Waals surface area contributed by atoms with E-state index in [1.807, 2.05) is 43.0 Å². The summed E-state index contributed by atoms with van der Waals surface area (Å²) in [5.74, 6) is 1.37. The van der Waals surface area contributed by atoms with Gasteiger partial charge >= 0.3 is 0 Å². The Morgan fingerprint density at radius 3 is 2.63 bits per heavy atom. The van der Waals surface area contributed by atoms with Gasteiger partial charge in [0.15, 0.2) is 5.96 Å². The van der Waals surface area contributed by atoms with Crippen LogP contribution < -0.4 is 20.9 Å². The number of carbonyl (C=O) groups excluding carboxylic acids is 2. The largest absolute Gasteiger partial charge is 0.353 e. The summed E-state index contributed by atoms with van der Waals surface area (Å²) < 4.78 is 0. The highest BCUT2D eigenvalue weighted by Gasteiger charge is 2.47. The van der Waals surface area contributed by atoms with Gasteiger partial charge in [-0.1, -0.05) is 6.92 Å². The summed E-state index contributed by atoms with van der Waals surface area (Å²) in [7, 11) is 0. The molecule has 7 nitrogen and oxygen atoms in total. The molecular weight excluding hydrogens is 378 g/mol. The van der Waals surface area contributed by atoms with E-state index in [9.17, 15) is 9.59 Å². The molecule has 2 amide bonds. The fraction of sp³-hybridized carbons (Fsp3) is 0.522. The number of rotatable bonds is 4. The van der Waals surface area contributed by atoms with Crippen LogP contribution in [0, 0.1) is 11.8 Å². The summed E-state index contributed by atoms with van der Waals surface area (Å²) in [4.78, 5) is 31.7. The van der Waals surface area contributed by atoms with Gasteiger partial charge in [-0.05, 0) is 62.4 Å². The second-order valence-electron chi connectivity index (χ2n) is 8.84. The molecule has 2 heterocycles. The lowest BCUT2D eigenvalue weighted by atomic mass is 9.79. The van der Waals surface area contributed by atoms with Gasteiger partial charge in [-0.3, -0.25) is 9.59 Å². The van der Waals surface area contributed by atoms with Gasteiger partial charge in [0.1, 0.15) is 0 Å². The standard InChI is InChI=1S/C23H31N5O2/c1-13(2)26-22(30)17-8-9-19-18(12-17)20(27-23-24-10-5-11-25-23)14(3)21(16-6-7-16)28(19)15(4)29/h5,8-10,12-14,16,20-21H,6-7,11H2,1-4H3,(H,26,30)(H2,24,25,27)/t14-,20-,21-/m1/s1. The zero-order valence-electron chi connectivity index (χ0n) is 18.1. The maximum Gasteiger partial charge on any atom is 0.251 e. The molecule has 3 aliphatic rings. The first-order valence-corrected chi connectivity index (χ1v) is 10.8. The number of benzene rings is 1. The van der Waals surface area contributed by atoms with Crippen molar-refractivity contribution >= 4 is 23.5 Å². The summed E-state index contributed by atoms with van der Waals surface area (Å²) in [6, 6.07) is 5.83. The molecule has 0 radical (unpaired) electrons. The summed E-state index contributed by atoms with van der Waals surface area (Å²) in [5, 5.41) is 9.79. The van der Waals surface area contributed by atoms with E-state index in [4.69, 9.17) is 0 Å². The molecule has 3 atom stereocenters. The third-order valence-corrected chi connectivity index (χ3v) is 6.10. The maximum absolute atomic E-state index is 12.7. The van der Waals surface area contributed by atoms with E-state index < -0.39 is 0 Å². The Balaban J connectivity index is 1.77. The number of anilines is 1. The molecule has 0 unspecified atom stereocenters. The summed E-state index contributed by atoms with van der Waals surface area (Å²) in [6.07, 6.45) is 6.05. The fourth-order valence-electron chi connectivity index (χ4n) is 4.67. The second-order valence-corrected chi connectivity index (χ2v) is 8.84. The Bertz CT molecular complexity index is 903. The normalized spacial score (nSPS) is 25.3. The smallest absolute Gasteiger partial charge is 0.251 e. The highest BCUT2D eigenvalue weighted by molar-refractivity contribution is 5.98. The molecular formula is C23H31N5O2. The van der Waals surface area contributed by atoms with Crippen LogP contribution in [-0.2, 0) is 4.79 Å². The van der Waals surface area contributed by atoms with Crippen molar-refractivity contribution in [3.05, 3.63) is 41.6 Å². The van der Waals surface area contributed by atoms with Crippen molar-refractivity contribution in [3.8, 4) is 0 Å². The summed E-state index contributed by atoms with van der Waals surface area (Å²) in [5.41, 5.74) is 2.46. The number of nitrogens with zero attached hydrogens (tertiary/aromatic N) is 2. The second kappa shape index (κ2) is 8.13. The average molecular weight is 410 g/mol. The molecule has 0 saturated heterocycles. The first-order chi connectivity index (χ1) is 14.4. The third-order valence-electron chi connectivity index (χ3n) is 6.10. The van der Waals surface area contributed by atoms with Crippen LogP contribution in [0.4, 0.5) is 5.69 Å². The molecule has 1 aliphatic carbocycles. The van der Waals surface area contributed by atoms with Gasteiger partial charge in [0.05, 0.1) is 6.04 Å². The molecule has 160 valence electrons. The van der Waals surface area contributed by atoms with Crippen LogP contribution in [0.25, 0.3) is 0 Å². The van der Waals surface area contributed by atoms with E-state index in [-0.39, 0.29) is 35.9 Å². The van der Waals surface area contributed by atoms with Gasteiger partial charge in [-0.25, -0.2) is 4.99 Å². The number of guanidine groups is 1. The molecule has 30 heavy (non-hydrogen) atoms. The lowest BCUT2D eigenvalue weighted by Gasteiger charge is -2.46. The molecule has 3 N–H and O–H groups in total. The predicted octanol–water partition coefficient (Wildman–Crippen LogP) is 2.71. The lowest BCUT2D eigenvalue weighted by Crippen LogP contribution is -2.54. The first kappa shape index (κ1) is 20.4. The molecule has 7 heteroatoms. The van der Waals surface area contributed by atoms with E-state index >= 15 is 0 Å². The van der Waals surface area contributed by atoms with Crippen LogP contribution in [-0.4, -0.2) is 36.4 Å². The molecule has 1 saturated carbocycles. The Kier molecular flexibility index (Phi) is 5.54. The topological polar surface area (TPSA) is 85.8 Å². The van der Waals surface area contributed by atoms with Crippen LogP contribution in [0.15, 0.2) is 35.5 Å². The van der Waals surface area contributed by atoms with Gasteiger partial charge in [-0.15, -0.1) is 0 Å². The van der Waals surface area contributed by atoms with Gasteiger partial charge < -0.3 is 20.9 Å². The Morgan fingerprint density at radius 1 is 1.27 bits per heavy atom. The van der Waals surface area contributed by atoms with Crippen molar-refractivity contribution in [1.82, 2.24) is 16.0 Å². The van der Waals surface area contributed by atoms with Gasteiger partial charge in [0, 0.05) is 48.9 Å². The minimum Gasteiger partial charge on any atom is -0.353 e. The zero-order valence-corrected chi connectivity index (χ0v) is 18.1. The van der Waals surface area contributed by atoms with Crippen molar-refractivity contribution in [2.24, 2.45) is 16.8 Å². The van der Waals surface area contributed by atoms with Crippen molar-refractivity contribution in [2.75, 3.05) is 11.4 Å². The van der Waals surface area contributed by atoms with Crippen LogP contribution in [0.5, 0.6) is 0 Å². The molecule has 0 spiro atoms. The summed E-state index contributed by atoms with van der Waals surface area (Å²) in [6.45, 7) is 8.44. The van der Waals surface area contributed by atoms with E-state index in [0.29, 0.717) is 11.5 Å². The first-order valence-electron chi connectivity index (χ1n) is 10.8. The number of aliphatic imine (C=N–C) groups is 1. The van der Waals surface area contributed by atoms with E-state index in [2.05, 4.69) is 27.9 Å². The molecule has 1 fully saturated rings.